The molecule has 0 saturated heterocycles. The average Bonchev–Trinajstić information content (AvgIpc) is 2.38. The molecule has 0 unspecified atom stereocenters. The molecule has 1 aliphatic rings. The van der Waals surface area contributed by atoms with Crippen LogP contribution in [0.4, 0.5) is 0 Å². The van der Waals surface area contributed by atoms with Crippen LogP contribution < -0.4 is 0 Å². The van der Waals surface area contributed by atoms with Crippen molar-refractivity contribution in [2.45, 2.75) is 32.6 Å². The van der Waals surface area contributed by atoms with Gasteiger partial charge in [0, 0.05) is 11.1 Å². The van der Waals surface area contributed by atoms with Gasteiger partial charge in [0.15, 0.2) is 0 Å². The first-order valence-corrected chi connectivity index (χ1v) is 6.24. The van der Waals surface area contributed by atoms with Gasteiger partial charge in [-0.1, -0.05) is 56.0 Å². The smallest absolute Gasteiger partial charge is 0.0249 e. The van der Waals surface area contributed by atoms with Gasteiger partial charge in [-0.3, -0.25) is 0 Å². The molecule has 0 radical (unpaired) electrons. The topological polar surface area (TPSA) is 0 Å². The molecule has 86 valence electrons. The number of rotatable bonds is 1. The Morgan fingerprint density at radius 1 is 1.00 bits per heavy atom. The van der Waals surface area contributed by atoms with Crippen molar-refractivity contribution >= 4 is 0 Å². The molecule has 17 heavy (non-hydrogen) atoms. The molecule has 0 heteroatoms. The fraction of sp³-hybridized carbons (Fsp3) is 0.294. The highest BCUT2D eigenvalue weighted by atomic mass is 14.0. The molecular weight excluding hydrogens is 204 g/mol. The predicted molar refractivity (Wildman–Crippen MR) is 73.9 cm³/mol. The third kappa shape index (κ3) is 3.36. The van der Waals surface area contributed by atoms with Crippen LogP contribution in [0.5, 0.6) is 0 Å². The molecule has 0 nitrogen and oxygen atoms in total. The van der Waals surface area contributed by atoms with E-state index in [9.17, 15) is 0 Å². The summed E-state index contributed by atoms with van der Waals surface area (Å²) in [4.78, 5) is 0. The first-order valence-electron chi connectivity index (χ1n) is 6.24. The van der Waals surface area contributed by atoms with Crippen molar-refractivity contribution in [3.05, 3.63) is 59.2 Å². The van der Waals surface area contributed by atoms with Crippen LogP contribution in [0.1, 0.15) is 43.7 Å². The van der Waals surface area contributed by atoms with Crippen LogP contribution in [0.3, 0.4) is 0 Å². The zero-order valence-corrected chi connectivity index (χ0v) is 10.5. The van der Waals surface area contributed by atoms with E-state index in [1.54, 1.807) is 0 Å². The Kier molecular flexibility index (Phi) is 3.83. The molecule has 0 atom stereocenters. The van der Waals surface area contributed by atoms with E-state index in [-0.39, 0.29) is 0 Å². The molecule has 1 aromatic carbocycles. The van der Waals surface area contributed by atoms with E-state index >= 15 is 0 Å². The van der Waals surface area contributed by atoms with Gasteiger partial charge < -0.3 is 0 Å². The van der Waals surface area contributed by atoms with Crippen LogP contribution in [0.15, 0.2) is 48.1 Å². The first-order chi connectivity index (χ1) is 8.25. The van der Waals surface area contributed by atoms with Gasteiger partial charge in [0.05, 0.1) is 0 Å². The average molecular weight is 222 g/mol. The molecule has 0 aliphatic heterocycles. The largest absolute Gasteiger partial charge is 0.0830 e. The monoisotopic (exact) mass is 222 g/mol. The summed E-state index contributed by atoms with van der Waals surface area (Å²) in [5.41, 5.74) is 3.60. The normalized spacial score (nSPS) is 14.2. The first kappa shape index (κ1) is 11.7. The minimum Gasteiger partial charge on any atom is -0.0830 e. The van der Waals surface area contributed by atoms with Crippen LogP contribution in [-0.2, 0) is 0 Å². The fourth-order valence-electron chi connectivity index (χ4n) is 1.80. The fourth-order valence-corrected chi connectivity index (χ4v) is 1.80. The zero-order valence-electron chi connectivity index (χ0n) is 10.5. The minimum atomic E-state index is 0.584. The highest BCUT2D eigenvalue weighted by Gasteiger charge is 1.97. The molecule has 1 aromatic rings. The lowest BCUT2D eigenvalue weighted by Gasteiger charge is -2.03. The Morgan fingerprint density at radius 2 is 1.76 bits per heavy atom. The Hall–Kier alpha value is -1.74. The van der Waals surface area contributed by atoms with E-state index in [4.69, 9.17) is 0 Å². The Labute approximate surface area is 104 Å². The second-order valence-corrected chi connectivity index (χ2v) is 4.67. The molecular formula is C17H18. The maximum Gasteiger partial charge on any atom is 0.0249 e. The SMILES string of the molecule is CC(C)c1ccc(C#CC2=CCCC=C2)cc1. The molecule has 2 rings (SSSR count). The molecule has 0 N–H and O–H groups in total. The summed E-state index contributed by atoms with van der Waals surface area (Å²) >= 11 is 0. The minimum absolute atomic E-state index is 0.584. The molecule has 0 spiro atoms. The van der Waals surface area contributed by atoms with Gasteiger partial charge in [-0.15, -0.1) is 0 Å². The molecule has 0 aromatic heterocycles. The van der Waals surface area contributed by atoms with Gasteiger partial charge in [-0.2, -0.15) is 0 Å². The Morgan fingerprint density at radius 3 is 2.35 bits per heavy atom. The van der Waals surface area contributed by atoms with Crippen LogP contribution in [0.25, 0.3) is 0 Å². The van der Waals surface area contributed by atoms with Gasteiger partial charge in [-0.25, -0.2) is 0 Å². The van der Waals surface area contributed by atoms with Gasteiger partial charge >= 0.3 is 0 Å². The van der Waals surface area contributed by atoms with E-state index in [1.807, 2.05) is 0 Å². The maximum atomic E-state index is 3.21. The van der Waals surface area contributed by atoms with Crippen molar-refractivity contribution in [1.82, 2.24) is 0 Å². The van der Waals surface area contributed by atoms with Crippen molar-refractivity contribution in [1.29, 1.82) is 0 Å². The van der Waals surface area contributed by atoms with E-state index < -0.39 is 0 Å². The standard InChI is InChI=1S/C17H18/c1-14(2)17-12-10-16(11-13-17)9-8-15-6-4-3-5-7-15/h4,6-7,10-14H,3,5H2,1-2H3. The Bertz CT molecular complexity index is 487. The summed E-state index contributed by atoms with van der Waals surface area (Å²) in [5.74, 6) is 7.01. The molecule has 0 bridgehead atoms. The van der Waals surface area contributed by atoms with Gasteiger partial charge in [0.1, 0.15) is 0 Å². The lowest BCUT2D eigenvalue weighted by molar-refractivity contribution is 0.866. The summed E-state index contributed by atoms with van der Waals surface area (Å²) < 4.78 is 0. The summed E-state index contributed by atoms with van der Waals surface area (Å²) in [6, 6.07) is 8.55. The number of benzene rings is 1. The highest BCUT2D eigenvalue weighted by Crippen LogP contribution is 2.14. The third-order valence-corrected chi connectivity index (χ3v) is 2.92. The second-order valence-electron chi connectivity index (χ2n) is 4.67. The molecule has 1 aliphatic carbocycles. The van der Waals surface area contributed by atoms with Crippen molar-refractivity contribution < 1.29 is 0 Å². The lowest BCUT2D eigenvalue weighted by atomic mass is 10.0. The number of hydrogen-bond acceptors (Lipinski definition) is 0. The van der Waals surface area contributed by atoms with Crippen LogP contribution in [-0.4, -0.2) is 0 Å². The second kappa shape index (κ2) is 5.55. The van der Waals surface area contributed by atoms with Crippen LogP contribution >= 0.6 is 0 Å². The van der Waals surface area contributed by atoms with Gasteiger partial charge in [-0.05, 0) is 36.5 Å². The molecule has 0 amide bonds. The van der Waals surface area contributed by atoms with E-state index in [0.717, 1.165) is 24.0 Å². The molecule has 0 heterocycles. The van der Waals surface area contributed by atoms with Gasteiger partial charge in [0.25, 0.3) is 0 Å². The highest BCUT2D eigenvalue weighted by molar-refractivity contribution is 5.46. The van der Waals surface area contributed by atoms with Crippen molar-refractivity contribution in [2.75, 3.05) is 0 Å². The summed E-state index contributed by atoms with van der Waals surface area (Å²) in [7, 11) is 0. The van der Waals surface area contributed by atoms with Crippen molar-refractivity contribution in [3.8, 4) is 11.8 Å². The summed E-state index contributed by atoms with van der Waals surface area (Å²) in [5, 5.41) is 0. The summed E-state index contributed by atoms with van der Waals surface area (Å²) in [6.07, 6.45) is 8.77. The molecule has 0 saturated carbocycles. The predicted octanol–water partition coefficient (Wildman–Crippen LogP) is 4.44. The van der Waals surface area contributed by atoms with Crippen molar-refractivity contribution in [3.63, 3.8) is 0 Å². The third-order valence-electron chi connectivity index (χ3n) is 2.92. The zero-order chi connectivity index (χ0) is 12.1. The van der Waals surface area contributed by atoms with Crippen molar-refractivity contribution in [2.24, 2.45) is 0 Å². The quantitative estimate of drug-likeness (QED) is 0.616. The number of allylic oxidation sites excluding steroid dienone is 4. The maximum absolute atomic E-state index is 3.21. The van der Waals surface area contributed by atoms with E-state index in [2.05, 4.69) is 68.2 Å². The summed E-state index contributed by atoms with van der Waals surface area (Å²) in [6.45, 7) is 4.41. The van der Waals surface area contributed by atoms with Crippen LogP contribution in [0.2, 0.25) is 0 Å². The Balaban J connectivity index is 2.11. The van der Waals surface area contributed by atoms with Gasteiger partial charge in [0.2, 0.25) is 0 Å². The van der Waals surface area contributed by atoms with E-state index in [0.29, 0.717) is 5.92 Å². The molecule has 0 fully saturated rings. The van der Waals surface area contributed by atoms with Crippen LogP contribution in [0, 0.1) is 11.8 Å². The van der Waals surface area contributed by atoms with E-state index in [1.165, 1.54) is 5.56 Å². The number of hydrogen-bond donors (Lipinski definition) is 0. The lowest BCUT2D eigenvalue weighted by Crippen LogP contribution is -1.86.